The van der Waals surface area contributed by atoms with E-state index >= 15 is 0 Å². The average Bonchev–Trinajstić information content (AvgIpc) is 2.43. The Balaban J connectivity index is 3.04. The molecular formula is C10H9N3O7. The molecule has 0 unspecified atom stereocenters. The molecular weight excluding hydrogens is 274 g/mol. The molecule has 10 heteroatoms. The fraction of sp³-hybridized carbons (Fsp3) is 0.200. The lowest BCUT2D eigenvalue weighted by Crippen LogP contribution is -2.30. The summed E-state index contributed by atoms with van der Waals surface area (Å²) in [4.78, 5) is 42.1. The Morgan fingerprint density at radius 2 is 1.65 bits per heavy atom. The molecule has 0 aliphatic rings. The van der Waals surface area contributed by atoms with Crippen molar-refractivity contribution in [2.24, 2.45) is 0 Å². The third kappa shape index (κ3) is 3.73. The zero-order chi connectivity index (χ0) is 15.3. The molecule has 0 heterocycles. The van der Waals surface area contributed by atoms with Gasteiger partial charge in [-0.3, -0.25) is 29.8 Å². The van der Waals surface area contributed by atoms with Crippen LogP contribution in [0.2, 0.25) is 0 Å². The first kappa shape index (κ1) is 15.0. The van der Waals surface area contributed by atoms with Gasteiger partial charge < -0.3 is 10.1 Å². The predicted octanol–water partition coefficient (Wildman–Crippen LogP) is 0.406. The summed E-state index contributed by atoms with van der Waals surface area (Å²) in [5, 5.41) is 23.4. The van der Waals surface area contributed by atoms with Crippen LogP contribution < -0.4 is 5.32 Å². The van der Waals surface area contributed by atoms with E-state index in [0.29, 0.717) is 0 Å². The van der Waals surface area contributed by atoms with Crippen molar-refractivity contribution >= 4 is 23.3 Å². The normalized spacial score (nSPS) is 9.65. The molecule has 0 aromatic heterocycles. The summed E-state index contributed by atoms with van der Waals surface area (Å²) < 4.78 is 4.29. The summed E-state index contributed by atoms with van der Waals surface area (Å²) >= 11 is 0. The number of esters is 1. The van der Waals surface area contributed by atoms with Crippen molar-refractivity contribution in [3.8, 4) is 0 Å². The SMILES string of the molecule is COC(=O)CNC(=O)c1cc([N+](=O)[O-])cc([N+](=O)[O-])c1. The summed E-state index contributed by atoms with van der Waals surface area (Å²) in [7, 11) is 1.12. The van der Waals surface area contributed by atoms with Crippen molar-refractivity contribution in [3.63, 3.8) is 0 Å². The Labute approximate surface area is 111 Å². The summed E-state index contributed by atoms with van der Waals surface area (Å²) in [5.41, 5.74) is -1.49. The molecule has 0 spiro atoms. The molecule has 0 bridgehead atoms. The van der Waals surface area contributed by atoms with Crippen molar-refractivity contribution in [2.45, 2.75) is 0 Å². The highest BCUT2D eigenvalue weighted by atomic mass is 16.6. The molecule has 1 aromatic carbocycles. The monoisotopic (exact) mass is 283 g/mol. The number of benzene rings is 1. The molecule has 1 N–H and O–H groups in total. The molecule has 0 aliphatic heterocycles. The van der Waals surface area contributed by atoms with Crippen molar-refractivity contribution < 1.29 is 24.2 Å². The van der Waals surface area contributed by atoms with E-state index < -0.39 is 39.6 Å². The summed E-state index contributed by atoms with van der Waals surface area (Å²) in [6.45, 7) is -0.453. The maximum atomic E-state index is 11.7. The van der Waals surface area contributed by atoms with E-state index in [1.165, 1.54) is 0 Å². The van der Waals surface area contributed by atoms with Gasteiger partial charge in [-0.2, -0.15) is 0 Å². The first-order valence-electron chi connectivity index (χ1n) is 5.14. The highest BCUT2D eigenvalue weighted by Crippen LogP contribution is 2.22. The number of nitrogens with zero attached hydrogens (tertiary/aromatic N) is 2. The van der Waals surface area contributed by atoms with Crippen LogP contribution in [-0.2, 0) is 9.53 Å². The van der Waals surface area contributed by atoms with E-state index in [-0.39, 0.29) is 5.56 Å². The fourth-order valence-corrected chi connectivity index (χ4v) is 1.26. The number of ether oxygens (including phenoxy) is 1. The Morgan fingerprint density at radius 3 is 2.05 bits per heavy atom. The summed E-state index contributed by atoms with van der Waals surface area (Å²) in [6, 6.07) is 2.48. The second kappa shape index (κ2) is 6.22. The van der Waals surface area contributed by atoms with Crippen LogP contribution in [0.4, 0.5) is 11.4 Å². The number of nitro benzene ring substituents is 2. The molecule has 1 amide bonds. The van der Waals surface area contributed by atoms with Crippen LogP contribution in [0.5, 0.6) is 0 Å². The number of methoxy groups -OCH3 is 1. The molecule has 0 radical (unpaired) electrons. The van der Waals surface area contributed by atoms with Gasteiger partial charge in [0.05, 0.1) is 28.6 Å². The smallest absolute Gasteiger partial charge is 0.325 e. The van der Waals surface area contributed by atoms with E-state index in [0.717, 1.165) is 25.3 Å². The second-order valence-corrected chi connectivity index (χ2v) is 3.51. The minimum absolute atomic E-state index is 0.296. The lowest BCUT2D eigenvalue weighted by atomic mass is 10.1. The lowest BCUT2D eigenvalue weighted by Gasteiger charge is -2.04. The first-order valence-corrected chi connectivity index (χ1v) is 5.14. The summed E-state index contributed by atoms with van der Waals surface area (Å²) in [5.74, 6) is -1.58. The van der Waals surface area contributed by atoms with E-state index in [4.69, 9.17) is 0 Å². The Morgan fingerprint density at radius 1 is 1.15 bits per heavy atom. The Kier molecular flexibility index (Phi) is 4.67. The zero-order valence-electron chi connectivity index (χ0n) is 10.2. The number of rotatable bonds is 5. The van der Waals surface area contributed by atoms with Crippen LogP contribution in [0.25, 0.3) is 0 Å². The van der Waals surface area contributed by atoms with E-state index in [2.05, 4.69) is 10.1 Å². The lowest BCUT2D eigenvalue weighted by molar-refractivity contribution is -0.394. The number of non-ortho nitro benzene ring substituents is 2. The van der Waals surface area contributed by atoms with E-state index in [1.54, 1.807) is 0 Å². The number of carbonyl (C=O) groups excluding carboxylic acids is 2. The third-order valence-corrected chi connectivity index (χ3v) is 2.21. The molecule has 10 nitrogen and oxygen atoms in total. The average molecular weight is 283 g/mol. The Bertz CT molecular complexity index is 552. The van der Waals surface area contributed by atoms with Crippen molar-refractivity contribution in [2.75, 3.05) is 13.7 Å². The molecule has 1 rings (SSSR count). The van der Waals surface area contributed by atoms with Gasteiger partial charge in [-0.05, 0) is 0 Å². The number of carbonyl (C=O) groups is 2. The molecule has 106 valence electrons. The van der Waals surface area contributed by atoms with Crippen LogP contribution in [0, 0.1) is 20.2 Å². The van der Waals surface area contributed by atoms with Gasteiger partial charge in [-0.15, -0.1) is 0 Å². The minimum atomic E-state index is -0.859. The quantitative estimate of drug-likeness (QED) is 0.468. The van der Waals surface area contributed by atoms with Crippen LogP contribution in [0.15, 0.2) is 18.2 Å². The topological polar surface area (TPSA) is 142 Å². The molecule has 0 fully saturated rings. The largest absolute Gasteiger partial charge is 0.468 e. The van der Waals surface area contributed by atoms with Gasteiger partial charge in [0.25, 0.3) is 17.3 Å². The van der Waals surface area contributed by atoms with Crippen LogP contribution in [-0.4, -0.2) is 35.4 Å². The maximum absolute atomic E-state index is 11.7. The molecule has 1 aromatic rings. The standard InChI is InChI=1S/C10H9N3O7/c1-20-9(14)5-11-10(15)6-2-7(12(16)17)4-8(3-6)13(18)19/h2-4H,5H2,1H3,(H,11,15). The molecule has 20 heavy (non-hydrogen) atoms. The number of hydrogen-bond acceptors (Lipinski definition) is 7. The number of amides is 1. The first-order chi connectivity index (χ1) is 9.35. The van der Waals surface area contributed by atoms with Crippen LogP contribution >= 0.6 is 0 Å². The van der Waals surface area contributed by atoms with Gasteiger partial charge in [0.1, 0.15) is 6.54 Å². The highest BCUT2D eigenvalue weighted by molar-refractivity contribution is 5.97. The number of nitrogens with one attached hydrogen (secondary N) is 1. The molecule has 0 saturated carbocycles. The van der Waals surface area contributed by atoms with Gasteiger partial charge in [-0.25, -0.2) is 0 Å². The molecule has 0 atom stereocenters. The molecule has 0 aliphatic carbocycles. The zero-order valence-corrected chi connectivity index (χ0v) is 10.2. The minimum Gasteiger partial charge on any atom is -0.468 e. The highest BCUT2D eigenvalue weighted by Gasteiger charge is 2.20. The van der Waals surface area contributed by atoms with E-state index in [1.807, 2.05) is 0 Å². The summed E-state index contributed by atoms with van der Waals surface area (Å²) in [6.07, 6.45) is 0. The van der Waals surface area contributed by atoms with Crippen molar-refractivity contribution in [3.05, 3.63) is 44.0 Å². The van der Waals surface area contributed by atoms with Gasteiger partial charge in [0.15, 0.2) is 0 Å². The predicted molar refractivity (Wildman–Crippen MR) is 64.1 cm³/mol. The van der Waals surface area contributed by atoms with Gasteiger partial charge in [0.2, 0.25) is 0 Å². The van der Waals surface area contributed by atoms with Crippen molar-refractivity contribution in [1.29, 1.82) is 0 Å². The fourth-order valence-electron chi connectivity index (χ4n) is 1.26. The Hall–Kier alpha value is -3.04. The second-order valence-electron chi connectivity index (χ2n) is 3.51. The number of nitro groups is 2. The van der Waals surface area contributed by atoms with Gasteiger partial charge in [0, 0.05) is 12.1 Å². The van der Waals surface area contributed by atoms with Crippen LogP contribution in [0.1, 0.15) is 10.4 Å². The van der Waals surface area contributed by atoms with Crippen molar-refractivity contribution in [1.82, 2.24) is 5.32 Å². The maximum Gasteiger partial charge on any atom is 0.325 e. The van der Waals surface area contributed by atoms with Gasteiger partial charge in [-0.1, -0.05) is 0 Å². The van der Waals surface area contributed by atoms with Gasteiger partial charge >= 0.3 is 5.97 Å². The number of hydrogen-bond donors (Lipinski definition) is 1. The van der Waals surface area contributed by atoms with Crippen LogP contribution in [0.3, 0.4) is 0 Å². The third-order valence-electron chi connectivity index (χ3n) is 2.21. The van der Waals surface area contributed by atoms with E-state index in [9.17, 15) is 29.8 Å². The molecule has 0 saturated heterocycles.